The first kappa shape index (κ1) is 18.7. The minimum Gasteiger partial charge on any atom is -0.352 e. The van der Waals surface area contributed by atoms with E-state index < -0.39 is 11.7 Å². The van der Waals surface area contributed by atoms with Gasteiger partial charge in [-0.1, -0.05) is 12.1 Å². The molecule has 0 unspecified atom stereocenters. The van der Waals surface area contributed by atoms with Crippen LogP contribution in [0.25, 0.3) is 22.2 Å². The fourth-order valence-electron chi connectivity index (χ4n) is 3.80. The molecule has 0 amide bonds. The lowest BCUT2D eigenvalue weighted by Gasteiger charge is -2.32. The number of rotatable bonds is 3. The standard InChI is InChI=1S/C20H22F3N5/c1-27-11-9-16-17(13-5-7-14(8-6-13)20(21,22)23)25-26-19(18(16)27)28(2)15-4-3-10-24-12-15/h5-9,11,15,24H,3-4,10,12H2,1-2H3/t15-/m1/s1. The number of alkyl halides is 3. The van der Waals surface area contributed by atoms with E-state index in [1.165, 1.54) is 12.1 Å². The van der Waals surface area contributed by atoms with Crippen LogP contribution in [0.3, 0.4) is 0 Å². The summed E-state index contributed by atoms with van der Waals surface area (Å²) < 4.78 is 40.6. The molecule has 1 atom stereocenters. The number of likely N-dealkylation sites (N-methyl/N-ethyl adjacent to an activating group) is 1. The molecule has 1 N–H and O–H groups in total. The van der Waals surface area contributed by atoms with Gasteiger partial charge in [0.05, 0.1) is 11.1 Å². The maximum Gasteiger partial charge on any atom is 0.416 e. The van der Waals surface area contributed by atoms with Crippen molar-refractivity contribution in [1.82, 2.24) is 20.1 Å². The largest absolute Gasteiger partial charge is 0.416 e. The van der Waals surface area contributed by atoms with Crippen LogP contribution in [-0.4, -0.2) is 40.9 Å². The average molecular weight is 389 g/mol. The Morgan fingerprint density at radius 3 is 2.54 bits per heavy atom. The molecule has 1 aromatic carbocycles. The smallest absolute Gasteiger partial charge is 0.352 e. The van der Waals surface area contributed by atoms with E-state index in [9.17, 15) is 13.2 Å². The molecule has 148 valence electrons. The number of nitrogens with one attached hydrogen (secondary N) is 1. The number of hydrogen-bond acceptors (Lipinski definition) is 4. The molecule has 0 spiro atoms. The van der Waals surface area contributed by atoms with E-state index >= 15 is 0 Å². The molecule has 2 aromatic heterocycles. The summed E-state index contributed by atoms with van der Waals surface area (Å²) in [6.45, 7) is 1.92. The number of benzene rings is 1. The van der Waals surface area contributed by atoms with Gasteiger partial charge >= 0.3 is 6.18 Å². The highest BCUT2D eigenvalue weighted by Crippen LogP contribution is 2.35. The highest BCUT2D eigenvalue weighted by molar-refractivity contribution is 5.98. The Kier molecular flexibility index (Phi) is 4.74. The van der Waals surface area contributed by atoms with Crippen LogP contribution < -0.4 is 10.2 Å². The van der Waals surface area contributed by atoms with Crippen molar-refractivity contribution < 1.29 is 13.2 Å². The summed E-state index contributed by atoms with van der Waals surface area (Å²) in [5.74, 6) is 0.784. The first-order valence-electron chi connectivity index (χ1n) is 9.29. The van der Waals surface area contributed by atoms with Crippen LogP contribution in [-0.2, 0) is 13.2 Å². The molecule has 1 fully saturated rings. The van der Waals surface area contributed by atoms with E-state index in [-0.39, 0.29) is 0 Å². The number of anilines is 1. The Balaban J connectivity index is 1.76. The van der Waals surface area contributed by atoms with E-state index in [0.717, 1.165) is 54.8 Å². The molecule has 3 heterocycles. The molecule has 1 aliphatic rings. The Morgan fingerprint density at radius 1 is 1.14 bits per heavy atom. The summed E-state index contributed by atoms with van der Waals surface area (Å²) in [5, 5.41) is 13.1. The fourth-order valence-corrected chi connectivity index (χ4v) is 3.80. The molecule has 3 aromatic rings. The SMILES string of the molecule is CN(c1nnc(-c2ccc(C(F)(F)F)cc2)c2ccn(C)c12)[C@@H]1CCCNC1. The minimum absolute atomic E-state index is 0.332. The number of hydrogen-bond donors (Lipinski definition) is 1. The number of halogens is 3. The van der Waals surface area contributed by atoms with Crippen LogP contribution in [0.15, 0.2) is 36.5 Å². The summed E-state index contributed by atoms with van der Waals surface area (Å²) in [5.41, 5.74) is 1.46. The van der Waals surface area contributed by atoms with E-state index in [0.29, 0.717) is 17.3 Å². The van der Waals surface area contributed by atoms with E-state index in [4.69, 9.17) is 0 Å². The zero-order valence-electron chi connectivity index (χ0n) is 15.8. The molecule has 4 rings (SSSR count). The van der Waals surface area contributed by atoms with Gasteiger partial charge in [-0.05, 0) is 37.6 Å². The van der Waals surface area contributed by atoms with Crippen LogP contribution in [0.2, 0.25) is 0 Å². The molecule has 0 bridgehead atoms. The number of nitrogens with zero attached hydrogens (tertiary/aromatic N) is 4. The normalized spacial score (nSPS) is 17.8. The third-order valence-corrected chi connectivity index (χ3v) is 5.42. The zero-order valence-corrected chi connectivity index (χ0v) is 15.8. The van der Waals surface area contributed by atoms with Gasteiger partial charge < -0.3 is 14.8 Å². The number of piperidine rings is 1. The van der Waals surface area contributed by atoms with Crippen molar-refractivity contribution in [2.45, 2.75) is 25.1 Å². The zero-order chi connectivity index (χ0) is 19.9. The maximum absolute atomic E-state index is 12.9. The molecule has 5 nitrogen and oxygen atoms in total. The summed E-state index contributed by atoms with van der Waals surface area (Å²) in [7, 11) is 3.96. The van der Waals surface area contributed by atoms with Crippen molar-refractivity contribution in [2.24, 2.45) is 7.05 Å². The molecule has 0 aliphatic carbocycles. The van der Waals surface area contributed by atoms with Crippen molar-refractivity contribution in [2.75, 3.05) is 25.0 Å². The van der Waals surface area contributed by atoms with Crippen molar-refractivity contribution in [1.29, 1.82) is 0 Å². The third kappa shape index (κ3) is 3.32. The molecule has 1 saturated heterocycles. The van der Waals surface area contributed by atoms with Crippen LogP contribution in [0.4, 0.5) is 19.0 Å². The summed E-state index contributed by atoms with van der Waals surface area (Å²) in [6, 6.07) is 7.34. The van der Waals surface area contributed by atoms with Gasteiger partial charge in [0.25, 0.3) is 0 Å². The Hall–Kier alpha value is -2.61. The Labute approximate surface area is 161 Å². The van der Waals surface area contributed by atoms with Crippen LogP contribution in [0.5, 0.6) is 0 Å². The second kappa shape index (κ2) is 7.09. The van der Waals surface area contributed by atoms with Gasteiger partial charge in [0, 0.05) is 43.8 Å². The van der Waals surface area contributed by atoms with Crippen molar-refractivity contribution in [3.8, 4) is 11.3 Å². The first-order valence-corrected chi connectivity index (χ1v) is 9.29. The first-order chi connectivity index (χ1) is 13.4. The summed E-state index contributed by atoms with van der Waals surface area (Å²) in [4.78, 5) is 2.15. The molecular weight excluding hydrogens is 367 g/mol. The van der Waals surface area contributed by atoms with Crippen LogP contribution >= 0.6 is 0 Å². The van der Waals surface area contributed by atoms with Crippen LogP contribution in [0.1, 0.15) is 18.4 Å². The highest BCUT2D eigenvalue weighted by atomic mass is 19.4. The lowest BCUT2D eigenvalue weighted by atomic mass is 10.0. The monoisotopic (exact) mass is 389 g/mol. The van der Waals surface area contributed by atoms with Gasteiger partial charge in [-0.2, -0.15) is 13.2 Å². The quantitative estimate of drug-likeness (QED) is 0.739. The van der Waals surface area contributed by atoms with Crippen molar-refractivity contribution >= 4 is 16.7 Å². The number of aryl methyl sites for hydroxylation is 1. The van der Waals surface area contributed by atoms with Gasteiger partial charge in [-0.15, -0.1) is 10.2 Å². The average Bonchev–Trinajstić information content (AvgIpc) is 3.09. The second-order valence-corrected chi connectivity index (χ2v) is 7.25. The van der Waals surface area contributed by atoms with Gasteiger partial charge in [0.15, 0.2) is 5.82 Å². The molecule has 1 aliphatic heterocycles. The Morgan fingerprint density at radius 2 is 1.89 bits per heavy atom. The topological polar surface area (TPSA) is 46.0 Å². The van der Waals surface area contributed by atoms with Crippen LogP contribution in [0, 0.1) is 0 Å². The number of aromatic nitrogens is 3. The minimum atomic E-state index is -4.35. The maximum atomic E-state index is 12.9. The number of fused-ring (bicyclic) bond motifs is 1. The molecule has 0 radical (unpaired) electrons. The van der Waals surface area contributed by atoms with E-state index in [2.05, 4.69) is 20.4 Å². The molecule has 0 saturated carbocycles. The predicted molar refractivity (Wildman–Crippen MR) is 103 cm³/mol. The van der Waals surface area contributed by atoms with Gasteiger partial charge in [0.2, 0.25) is 0 Å². The van der Waals surface area contributed by atoms with E-state index in [1.807, 2.05) is 30.9 Å². The lowest BCUT2D eigenvalue weighted by molar-refractivity contribution is -0.137. The lowest BCUT2D eigenvalue weighted by Crippen LogP contribution is -2.44. The fraction of sp³-hybridized carbons (Fsp3) is 0.400. The van der Waals surface area contributed by atoms with Gasteiger partial charge in [-0.3, -0.25) is 0 Å². The molecule has 28 heavy (non-hydrogen) atoms. The molecular formula is C20H22F3N5. The van der Waals surface area contributed by atoms with Crippen molar-refractivity contribution in [3.05, 3.63) is 42.1 Å². The second-order valence-electron chi connectivity index (χ2n) is 7.25. The summed E-state index contributed by atoms with van der Waals surface area (Å²) >= 11 is 0. The Bertz CT molecular complexity index is 972. The third-order valence-electron chi connectivity index (χ3n) is 5.42. The van der Waals surface area contributed by atoms with E-state index in [1.54, 1.807) is 0 Å². The van der Waals surface area contributed by atoms with Crippen molar-refractivity contribution in [3.63, 3.8) is 0 Å². The van der Waals surface area contributed by atoms with Gasteiger partial charge in [0.1, 0.15) is 5.69 Å². The van der Waals surface area contributed by atoms with Gasteiger partial charge in [-0.25, -0.2) is 0 Å². The highest BCUT2D eigenvalue weighted by Gasteiger charge is 2.30. The predicted octanol–water partition coefficient (Wildman–Crippen LogP) is 3.84. The summed E-state index contributed by atoms with van der Waals surface area (Å²) in [6.07, 6.45) is -0.231. The molecule has 8 heteroatoms.